The molecule has 0 amide bonds. The van der Waals surface area contributed by atoms with Crippen molar-refractivity contribution in [3.63, 3.8) is 0 Å². The van der Waals surface area contributed by atoms with E-state index >= 15 is 0 Å². The normalized spacial score (nSPS) is 16.2. The van der Waals surface area contributed by atoms with E-state index in [0.717, 1.165) is 19.4 Å². The summed E-state index contributed by atoms with van der Waals surface area (Å²) in [6, 6.07) is 13.0. The van der Waals surface area contributed by atoms with Gasteiger partial charge in [0.25, 0.3) is 0 Å². The van der Waals surface area contributed by atoms with Gasteiger partial charge in [-0.2, -0.15) is 0 Å². The topological polar surface area (TPSA) is 29.3 Å². The second-order valence-corrected chi connectivity index (χ2v) is 4.71. The minimum atomic E-state index is 0.141. The maximum atomic E-state index is 6.21. The number of hydrogen-bond donors (Lipinski definition) is 1. The predicted molar refractivity (Wildman–Crippen MR) is 73.3 cm³/mol. The Morgan fingerprint density at radius 1 is 1.24 bits per heavy atom. The van der Waals surface area contributed by atoms with Gasteiger partial charge in [0.15, 0.2) is 0 Å². The molecule has 0 saturated heterocycles. The molecule has 1 atom stereocenters. The van der Waals surface area contributed by atoms with E-state index in [1.807, 2.05) is 0 Å². The van der Waals surface area contributed by atoms with Gasteiger partial charge in [-0.25, -0.2) is 0 Å². The van der Waals surface area contributed by atoms with E-state index in [1.54, 1.807) is 0 Å². The Kier molecular flexibility index (Phi) is 2.52. The van der Waals surface area contributed by atoms with Crippen LogP contribution in [0.5, 0.6) is 0 Å². The molecule has 0 spiro atoms. The molecule has 1 heterocycles. The first-order valence-corrected chi connectivity index (χ1v) is 6.34. The number of fused-ring (bicyclic) bond motifs is 3. The van der Waals surface area contributed by atoms with Crippen LogP contribution in [0.4, 0.5) is 5.69 Å². The van der Waals surface area contributed by atoms with Crippen molar-refractivity contribution < 1.29 is 0 Å². The molecule has 0 fully saturated rings. The average Bonchev–Trinajstić information content (AvgIpc) is 2.82. The summed E-state index contributed by atoms with van der Waals surface area (Å²) in [5, 5.41) is 2.65. The summed E-state index contributed by atoms with van der Waals surface area (Å²) in [6.45, 7) is 3.20. The monoisotopic (exact) mass is 226 g/mol. The maximum absolute atomic E-state index is 6.21. The standard InChI is InChI=1S/C15H18N2/c1-2-14(16)17-10-9-12-8-7-11-5-3-4-6-13(11)15(12)17/h3-8,14H,2,9-10,16H2,1H3. The van der Waals surface area contributed by atoms with E-state index in [-0.39, 0.29) is 6.17 Å². The van der Waals surface area contributed by atoms with Crippen molar-refractivity contribution >= 4 is 16.5 Å². The number of benzene rings is 2. The molecule has 1 aliphatic rings. The molecule has 2 aromatic rings. The summed E-state index contributed by atoms with van der Waals surface area (Å²) >= 11 is 0. The van der Waals surface area contributed by atoms with E-state index < -0.39 is 0 Å². The van der Waals surface area contributed by atoms with E-state index in [1.165, 1.54) is 22.0 Å². The minimum absolute atomic E-state index is 0.141. The first-order valence-electron chi connectivity index (χ1n) is 6.34. The molecule has 0 bridgehead atoms. The molecule has 2 N–H and O–H groups in total. The summed E-state index contributed by atoms with van der Waals surface area (Å²) < 4.78 is 0. The average molecular weight is 226 g/mol. The van der Waals surface area contributed by atoms with Crippen molar-refractivity contribution in [2.45, 2.75) is 25.9 Å². The first-order chi connectivity index (χ1) is 8.31. The molecule has 0 saturated carbocycles. The van der Waals surface area contributed by atoms with Crippen LogP contribution in [0.2, 0.25) is 0 Å². The van der Waals surface area contributed by atoms with Crippen LogP contribution in [-0.4, -0.2) is 12.7 Å². The van der Waals surface area contributed by atoms with E-state index in [0.29, 0.717) is 0 Å². The molecule has 0 aromatic heterocycles. The molecule has 88 valence electrons. The van der Waals surface area contributed by atoms with Crippen molar-refractivity contribution in [3.8, 4) is 0 Å². The third-order valence-electron chi connectivity index (χ3n) is 3.71. The number of anilines is 1. The van der Waals surface area contributed by atoms with Gasteiger partial charge in [0.2, 0.25) is 0 Å². The lowest BCUT2D eigenvalue weighted by Gasteiger charge is -2.27. The summed E-state index contributed by atoms with van der Waals surface area (Å²) in [6.07, 6.45) is 2.25. The second kappa shape index (κ2) is 4.04. The van der Waals surface area contributed by atoms with Gasteiger partial charge in [-0.3, -0.25) is 0 Å². The van der Waals surface area contributed by atoms with Gasteiger partial charge in [0, 0.05) is 17.6 Å². The van der Waals surface area contributed by atoms with Crippen molar-refractivity contribution in [2.24, 2.45) is 5.73 Å². The largest absolute Gasteiger partial charge is 0.355 e. The first kappa shape index (κ1) is 10.6. The Morgan fingerprint density at radius 3 is 2.88 bits per heavy atom. The summed E-state index contributed by atoms with van der Waals surface area (Å²) in [4.78, 5) is 2.36. The molecular formula is C15H18N2. The van der Waals surface area contributed by atoms with Crippen LogP contribution in [0.25, 0.3) is 10.8 Å². The summed E-state index contributed by atoms with van der Waals surface area (Å²) in [7, 11) is 0. The van der Waals surface area contributed by atoms with Gasteiger partial charge in [-0.15, -0.1) is 0 Å². The Bertz CT molecular complexity index is 548. The van der Waals surface area contributed by atoms with Crippen molar-refractivity contribution in [1.82, 2.24) is 0 Å². The molecule has 3 rings (SSSR count). The summed E-state index contributed by atoms with van der Waals surface area (Å²) in [5.74, 6) is 0. The predicted octanol–water partition coefficient (Wildman–Crippen LogP) is 2.90. The van der Waals surface area contributed by atoms with Crippen LogP contribution in [0.1, 0.15) is 18.9 Å². The Hall–Kier alpha value is -1.54. The highest BCUT2D eigenvalue weighted by atomic mass is 15.2. The van der Waals surface area contributed by atoms with Crippen LogP contribution in [-0.2, 0) is 6.42 Å². The lowest BCUT2D eigenvalue weighted by molar-refractivity contribution is 0.611. The Balaban J connectivity index is 2.20. The smallest absolute Gasteiger partial charge is 0.0768 e. The molecular weight excluding hydrogens is 208 g/mol. The fraction of sp³-hybridized carbons (Fsp3) is 0.333. The molecule has 2 nitrogen and oxygen atoms in total. The van der Waals surface area contributed by atoms with Crippen LogP contribution < -0.4 is 10.6 Å². The zero-order valence-corrected chi connectivity index (χ0v) is 10.2. The quantitative estimate of drug-likeness (QED) is 0.853. The van der Waals surface area contributed by atoms with Gasteiger partial charge in [0.1, 0.15) is 0 Å². The zero-order chi connectivity index (χ0) is 11.8. The summed E-state index contributed by atoms with van der Waals surface area (Å²) in [5.41, 5.74) is 9.01. The molecule has 0 aliphatic carbocycles. The molecule has 0 radical (unpaired) electrons. The lowest BCUT2D eigenvalue weighted by atomic mass is 10.0. The van der Waals surface area contributed by atoms with Gasteiger partial charge in [-0.05, 0) is 23.8 Å². The lowest BCUT2D eigenvalue weighted by Crippen LogP contribution is -2.40. The van der Waals surface area contributed by atoms with Gasteiger partial charge in [0.05, 0.1) is 6.17 Å². The molecule has 2 aromatic carbocycles. The van der Waals surface area contributed by atoms with Crippen LogP contribution in [0.15, 0.2) is 36.4 Å². The van der Waals surface area contributed by atoms with E-state index in [2.05, 4.69) is 48.2 Å². The van der Waals surface area contributed by atoms with Gasteiger partial charge >= 0.3 is 0 Å². The number of rotatable bonds is 2. The van der Waals surface area contributed by atoms with Crippen molar-refractivity contribution in [3.05, 3.63) is 42.0 Å². The van der Waals surface area contributed by atoms with Crippen LogP contribution >= 0.6 is 0 Å². The van der Waals surface area contributed by atoms with Crippen LogP contribution in [0.3, 0.4) is 0 Å². The highest BCUT2D eigenvalue weighted by Gasteiger charge is 2.24. The van der Waals surface area contributed by atoms with E-state index in [9.17, 15) is 0 Å². The SMILES string of the molecule is CCC(N)N1CCc2ccc3ccccc3c21. The highest BCUT2D eigenvalue weighted by molar-refractivity contribution is 5.97. The Morgan fingerprint density at radius 2 is 2.06 bits per heavy atom. The molecule has 1 aliphatic heterocycles. The fourth-order valence-corrected chi connectivity index (χ4v) is 2.75. The molecule has 1 unspecified atom stereocenters. The van der Waals surface area contributed by atoms with Crippen molar-refractivity contribution in [1.29, 1.82) is 0 Å². The Labute approximate surface area is 102 Å². The van der Waals surface area contributed by atoms with Gasteiger partial charge < -0.3 is 10.6 Å². The second-order valence-electron chi connectivity index (χ2n) is 4.71. The number of nitrogens with two attached hydrogens (primary N) is 1. The maximum Gasteiger partial charge on any atom is 0.0768 e. The van der Waals surface area contributed by atoms with Crippen LogP contribution in [0, 0.1) is 0 Å². The fourth-order valence-electron chi connectivity index (χ4n) is 2.75. The van der Waals surface area contributed by atoms with Crippen molar-refractivity contribution in [2.75, 3.05) is 11.4 Å². The number of hydrogen-bond acceptors (Lipinski definition) is 2. The highest BCUT2D eigenvalue weighted by Crippen LogP contribution is 2.36. The zero-order valence-electron chi connectivity index (χ0n) is 10.2. The number of nitrogens with zero attached hydrogens (tertiary/aromatic N) is 1. The molecule has 2 heteroatoms. The third-order valence-corrected chi connectivity index (χ3v) is 3.71. The third kappa shape index (κ3) is 1.60. The molecule has 17 heavy (non-hydrogen) atoms. The van der Waals surface area contributed by atoms with E-state index in [4.69, 9.17) is 5.73 Å². The van der Waals surface area contributed by atoms with Gasteiger partial charge in [-0.1, -0.05) is 43.3 Å². The minimum Gasteiger partial charge on any atom is -0.355 e.